The molecule has 0 spiro atoms. The molecule has 1 N–H and O–H groups in total. The van der Waals surface area contributed by atoms with Gasteiger partial charge >= 0.3 is 0 Å². The Morgan fingerprint density at radius 2 is 2.25 bits per heavy atom. The van der Waals surface area contributed by atoms with Gasteiger partial charge in [0.05, 0.1) is 20.2 Å². The average Bonchev–Trinajstić information content (AvgIpc) is 3.04. The molecule has 0 atom stereocenters. The second-order valence-corrected chi connectivity index (χ2v) is 4.53. The fourth-order valence-electron chi connectivity index (χ4n) is 2.10. The average molecular weight is 272 g/mol. The third-order valence-corrected chi connectivity index (χ3v) is 3.01. The molecule has 0 saturated carbocycles. The lowest BCUT2D eigenvalue weighted by molar-refractivity contribution is 0.406. The summed E-state index contributed by atoms with van der Waals surface area (Å²) in [7, 11) is 3.49. The number of ether oxygens (including phenoxy) is 1. The highest BCUT2D eigenvalue weighted by molar-refractivity contribution is 5.83. The molecule has 1 aromatic carbocycles. The van der Waals surface area contributed by atoms with E-state index in [1.54, 1.807) is 18.1 Å². The van der Waals surface area contributed by atoms with Crippen molar-refractivity contribution in [3.8, 4) is 5.75 Å². The Hall–Kier alpha value is -2.34. The second-order valence-electron chi connectivity index (χ2n) is 4.53. The van der Waals surface area contributed by atoms with Crippen LogP contribution in [0.5, 0.6) is 5.75 Å². The van der Waals surface area contributed by atoms with Gasteiger partial charge in [0.1, 0.15) is 12.1 Å². The van der Waals surface area contributed by atoms with Gasteiger partial charge in [0.2, 0.25) is 0 Å². The zero-order valence-corrected chi connectivity index (χ0v) is 11.5. The molecule has 2 aromatic heterocycles. The van der Waals surface area contributed by atoms with Crippen LogP contribution in [0.4, 0.5) is 0 Å². The van der Waals surface area contributed by atoms with Crippen molar-refractivity contribution in [3.63, 3.8) is 0 Å². The zero-order valence-electron chi connectivity index (χ0n) is 11.5. The van der Waals surface area contributed by atoms with E-state index in [4.69, 9.17) is 9.15 Å². The van der Waals surface area contributed by atoms with Crippen LogP contribution in [0.15, 0.2) is 35.0 Å². The number of aromatic nitrogens is 3. The Kier molecular flexibility index (Phi) is 3.39. The molecule has 0 amide bonds. The van der Waals surface area contributed by atoms with Crippen LogP contribution in [0.2, 0.25) is 0 Å². The summed E-state index contributed by atoms with van der Waals surface area (Å²) in [6.45, 7) is 1.23. The lowest BCUT2D eigenvalue weighted by Crippen LogP contribution is -2.13. The summed E-state index contributed by atoms with van der Waals surface area (Å²) in [5, 5.41) is 8.50. The highest BCUT2D eigenvalue weighted by atomic mass is 16.5. The minimum atomic E-state index is 0.606. The topological polar surface area (TPSA) is 65.1 Å². The van der Waals surface area contributed by atoms with E-state index in [2.05, 4.69) is 15.4 Å². The molecule has 0 aliphatic heterocycles. The maximum absolute atomic E-state index is 5.80. The zero-order chi connectivity index (χ0) is 13.9. The maximum Gasteiger partial charge on any atom is 0.176 e. The van der Waals surface area contributed by atoms with Crippen molar-refractivity contribution in [1.82, 2.24) is 20.1 Å². The quantitative estimate of drug-likeness (QED) is 0.768. The number of aryl methyl sites for hydroxylation is 1. The summed E-state index contributed by atoms with van der Waals surface area (Å²) in [5.41, 5.74) is 0.780. The Morgan fingerprint density at radius 1 is 1.35 bits per heavy atom. The first-order valence-electron chi connectivity index (χ1n) is 6.37. The minimum Gasteiger partial charge on any atom is -0.493 e. The van der Waals surface area contributed by atoms with Gasteiger partial charge in [0.15, 0.2) is 17.2 Å². The summed E-state index contributed by atoms with van der Waals surface area (Å²) >= 11 is 0. The van der Waals surface area contributed by atoms with Crippen molar-refractivity contribution in [2.45, 2.75) is 13.1 Å². The fraction of sp³-hybridized carbons (Fsp3) is 0.286. The molecule has 3 aromatic rings. The number of hydrogen-bond donors (Lipinski definition) is 1. The first-order chi connectivity index (χ1) is 9.76. The lowest BCUT2D eigenvalue weighted by atomic mass is 10.2. The van der Waals surface area contributed by atoms with Gasteiger partial charge in [-0.15, -0.1) is 0 Å². The van der Waals surface area contributed by atoms with Gasteiger partial charge in [-0.3, -0.25) is 4.68 Å². The molecule has 6 heteroatoms. The molecule has 0 aliphatic carbocycles. The van der Waals surface area contributed by atoms with Crippen molar-refractivity contribution in [1.29, 1.82) is 0 Å². The van der Waals surface area contributed by atoms with Crippen LogP contribution in [0.1, 0.15) is 11.6 Å². The monoisotopic (exact) mass is 272 g/mol. The predicted molar refractivity (Wildman–Crippen MR) is 74.3 cm³/mol. The Morgan fingerprint density at radius 3 is 3.00 bits per heavy atom. The van der Waals surface area contributed by atoms with Crippen molar-refractivity contribution in [2.24, 2.45) is 7.05 Å². The van der Waals surface area contributed by atoms with Crippen molar-refractivity contribution < 1.29 is 9.15 Å². The third kappa shape index (κ3) is 2.50. The van der Waals surface area contributed by atoms with E-state index in [-0.39, 0.29) is 0 Å². The van der Waals surface area contributed by atoms with Crippen LogP contribution in [0.3, 0.4) is 0 Å². The van der Waals surface area contributed by atoms with Gasteiger partial charge in [-0.2, -0.15) is 5.10 Å². The standard InChI is InChI=1S/C14H16N4O2/c1-18-9-16-13(17-18)8-15-7-11-6-10-4-3-5-12(19-2)14(10)20-11/h3-6,9,15H,7-8H2,1-2H3. The van der Waals surface area contributed by atoms with Crippen molar-refractivity contribution in [2.75, 3.05) is 7.11 Å². The fourth-order valence-corrected chi connectivity index (χ4v) is 2.10. The Balaban J connectivity index is 1.68. The van der Waals surface area contributed by atoms with Crippen molar-refractivity contribution >= 4 is 11.0 Å². The Labute approximate surface area is 116 Å². The number of furan rings is 1. The molecule has 20 heavy (non-hydrogen) atoms. The molecule has 6 nitrogen and oxygen atoms in total. The summed E-state index contributed by atoms with van der Waals surface area (Å²) in [6, 6.07) is 7.86. The number of rotatable bonds is 5. The van der Waals surface area contributed by atoms with Crippen LogP contribution < -0.4 is 10.1 Å². The molecule has 3 rings (SSSR count). The number of para-hydroxylation sites is 1. The van der Waals surface area contributed by atoms with Crippen LogP contribution >= 0.6 is 0 Å². The SMILES string of the molecule is COc1cccc2cc(CNCc3ncn(C)n3)oc12. The number of hydrogen-bond acceptors (Lipinski definition) is 5. The summed E-state index contributed by atoms with van der Waals surface area (Å²) < 4.78 is 12.8. The molecule has 2 heterocycles. The van der Waals surface area contributed by atoms with E-state index in [1.807, 2.05) is 31.3 Å². The number of benzene rings is 1. The summed E-state index contributed by atoms with van der Waals surface area (Å²) in [5.74, 6) is 2.38. The highest BCUT2D eigenvalue weighted by Gasteiger charge is 2.08. The van der Waals surface area contributed by atoms with Crippen LogP contribution in [-0.2, 0) is 20.1 Å². The second kappa shape index (κ2) is 5.34. The number of methoxy groups -OCH3 is 1. The molecule has 0 radical (unpaired) electrons. The first kappa shape index (κ1) is 12.7. The largest absolute Gasteiger partial charge is 0.493 e. The molecular weight excluding hydrogens is 256 g/mol. The highest BCUT2D eigenvalue weighted by Crippen LogP contribution is 2.28. The molecule has 0 aliphatic rings. The Bertz CT molecular complexity index is 717. The van der Waals surface area contributed by atoms with Crippen LogP contribution in [0, 0.1) is 0 Å². The molecule has 0 saturated heterocycles. The third-order valence-electron chi connectivity index (χ3n) is 3.01. The van der Waals surface area contributed by atoms with Gasteiger partial charge in [-0.05, 0) is 12.1 Å². The number of fused-ring (bicyclic) bond motifs is 1. The summed E-state index contributed by atoms with van der Waals surface area (Å²) in [4.78, 5) is 4.16. The molecule has 0 unspecified atom stereocenters. The van der Waals surface area contributed by atoms with Crippen LogP contribution in [-0.4, -0.2) is 21.9 Å². The molecule has 0 bridgehead atoms. The summed E-state index contributed by atoms with van der Waals surface area (Å²) in [6.07, 6.45) is 1.68. The van der Waals surface area contributed by atoms with Gasteiger partial charge in [0, 0.05) is 12.4 Å². The van der Waals surface area contributed by atoms with E-state index in [1.165, 1.54) is 0 Å². The van der Waals surface area contributed by atoms with E-state index in [0.717, 1.165) is 28.3 Å². The maximum atomic E-state index is 5.80. The molecule has 104 valence electrons. The first-order valence-corrected chi connectivity index (χ1v) is 6.37. The lowest BCUT2D eigenvalue weighted by Gasteiger charge is -1.99. The van der Waals surface area contributed by atoms with E-state index >= 15 is 0 Å². The van der Waals surface area contributed by atoms with Crippen LogP contribution in [0.25, 0.3) is 11.0 Å². The van der Waals surface area contributed by atoms with E-state index < -0.39 is 0 Å². The van der Waals surface area contributed by atoms with Gasteiger partial charge < -0.3 is 14.5 Å². The number of nitrogens with zero attached hydrogens (tertiary/aromatic N) is 3. The smallest absolute Gasteiger partial charge is 0.176 e. The van der Waals surface area contributed by atoms with E-state index in [9.17, 15) is 0 Å². The van der Waals surface area contributed by atoms with Gasteiger partial charge in [-0.1, -0.05) is 12.1 Å². The normalized spacial score (nSPS) is 11.1. The van der Waals surface area contributed by atoms with E-state index in [0.29, 0.717) is 13.1 Å². The minimum absolute atomic E-state index is 0.606. The number of nitrogens with one attached hydrogen (secondary N) is 1. The van der Waals surface area contributed by atoms with Gasteiger partial charge in [-0.25, -0.2) is 4.98 Å². The molecule has 0 fully saturated rings. The predicted octanol–water partition coefficient (Wildman–Crippen LogP) is 1.86. The molecular formula is C14H16N4O2. The van der Waals surface area contributed by atoms with Crippen molar-refractivity contribution in [3.05, 3.63) is 42.2 Å². The van der Waals surface area contributed by atoms with Gasteiger partial charge in [0.25, 0.3) is 0 Å².